The predicted molar refractivity (Wildman–Crippen MR) is 97.3 cm³/mol. The number of halogens is 1. The van der Waals surface area contributed by atoms with Crippen LogP contribution in [0.2, 0.25) is 0 Å². The Kier molecular flexibility index (Phi) is 4.91. The van der Waals surface area contributed by atoms with E-state index in [4.69, 9.17) is 4.42 Å². The van der Waals surface area contributed by atoms with Gasteiger partial charge < -0.3 is 9.32 Å². The van der Waals surface area contributed by atoms with Crippen LogP contribution in [0.3, 0.4) is 0 Å². The monoisotopic (exact) mass is 370 g/mol. The van der Waals surface area contributed by atoms with Gasteiger partial charge in [0, 0.05) is 37.8 Å². The van der Waals surface area contributed by atoms with E-state index in [1.165, 1.54) is 12.1 Å². The van der Waals surface area contributed by atoms with E-state index in [1.54, 1.807) is 19.1 Å². The molecule has 2 aliphatic rings. The number of carbonyl (C=O) groups excluding carboxylic acids is 2. The molecule has 1 atom stereocenters. The Morgan fingerprint density at radius 1 is 1.22 bits per heavy atom. The van der Waals surface area contributed by atoms with Gasteiger partial charge in [-0.15, -0.1) is 0 Å². The molecule has 1 aromatic heterocycles. The molecule has 0 saturated carbocycles. The number of likely N-dealkylation sites (tertiary alicyclic amines) is 1. The number of nitrogens with zero attached hydrogens (tertiary/aromatic N) is 2. The van der Waals surface area contributed by atoms with Gasteiger partial charge in [0.15, 0.2) is 17.5 Å². The smallest absolute Gasteiger partial charge is 0.191 e. The Bertz CT molecular complexity index is 851. The Balaban J connectivity index is 1.31. The number of carbonyl (C=O) groups is 2. The molecule has 1 aliphatic carbocycles. The second-order valence-corrected chi connectivity index (χ2v) is 7.65. The van der Waals surface area contributed by atoms with Gasteiger partial charge in [-0.2, -0.15) is 0 Å². The summed E-state index contributed by atoms with van der Waals surface area (Å²) in [6, 6.07) is 5.80. The zero-order chi connectivity index (χ0) is 19.0. The van der Waals surface area contributed by atoms with Crippen LogP contribution < -0.4 is 0 Å². The molecule has 0 radical (unpaired) electrons. The third-order valence-corrected chi connectivity index (χ3v) is 5.62. The molecule has 0 amide bonds. The van der Waals surface area contributed by atoms with Crippen molar-refractivity contribution in [1.29, 1.82) is 0 Å². The lowest BCUT2D eigenvalue weighted by Gasteiger charge is -2.34. The summed E-state index contributed by atoms with van der Waals surface area (Å²) in [6.07, 6.45) is 2.84. The molecule has 4 rings (SSSR count). The molecule has 1 aliphatic heterocycles. The SMILES string of the molecule is Cc1nc2c(o1)CC(CN1CCC(C(=O)c3ccc(F)cc3)CC1)CC2=O. The molecule has 2 heterocycles. The Morgan fingerprint density at radius 3 is 2.63 bits per heavy atom. The van der Waals surface area contributed by atoms with Gasteiger partial charge in [-0.25, -0.2) is 9.37 Å². The molecular formula is C21H23FN2O3. The Hall–Kier alpha value is -2.34. The van der Waals surface area contributed by atoms with E-state index in [0.29, 0.717) is 23.6 Å². The number of aromatic nitrogens is 1. The van der Waals surface area contributed by atoms with Crippen LogP contribution in [0.5, 0.6) is 0 Å². The molecule has 142 valence electrons. The molecule has 1 unspecified atom stereocenters. The Morgan fingerprint density at radius 2 is 1.93 bits per heavy atom. The molecule has 0 N–H and O–H groups in total. The van der Waals surface area contributed by atoms with E-state index in [0.717, 1.165) is 44.7 Å². The predicted octanol–water partition coefficient (Wildman–Crippen LogP) is 3.46. The Labute approximate surface area is 157 Å². The molecular weight excluding hydrogens is 347 g/mol. The number of hydrogen-bond donors (Lipinski definition) is 0. The van der Waals surface area contributed by atoms with E-state index in [-0.39, 0.29) is 29.2 Å². The fourth-order valence-corrected chi connectivity index (χ4v) is 4.24. The van der Waals surface area contributed by atoms with Crippen LogP contribution in [0, 0.1) is 24.6 Å². The van der Waals surface area contributed by atoms with E-state index in [1.807, 2.05) is 0 Å². The summed E-state index contributed by atoms with van der Waals surface area (Å²) in [5, 5.41) is 0. The van der Waals surface area contributed by atoms with Gasteiger partial charge in [0.05, 0.1) is 0 Å². The number of ketones is 2. The summed E-state index contributed by atoms with van der Waals surface area (Å²) >= 11 is 0. The number of rotatable bonds is 4. The molecule has 2 aromatic rings. The van der Waals surface area contributed by atoms with E-state index in [9.17, 15) is 14.0 Å². The lowest BCUT2D eigenvalue weighted by atomic mass is 9.86. The largest absolute Gasteiger partial charge is 0.445 e. The second-order valence-electron chi connectivity index (χ2n) is 7.65. The molecule has 0 spiro atoms. The van der Waals surface area contributed by atoms with Crippen molar-refractivity contribution in [2.45, 2.75) is 32.6 Å². The highest BCUT2D eigenvalue weighted by molar-refractivity contribution is 5.98. The van der Waals surface area contributed by atoms with Gasteiger partial charge in [0.2, 0.25) is 0 Å². The van der Waals surface area contributed by atoms with Gasteiger partial charge in [-0.1, -0.05) is 0 Å². The first-order valence-corrected chi connectivity index (χ1v) is 9.51. The number of oxazole rings is 1. The molecule has 1 aromatic carbocycles. The molecule has 1 fully saturated rings. The summed E-state index contributed by atoms with van der Waals surface area (Å²) in [7, 11) is 0. The lowest BCUT2D eigenvalue weighted by Crippen LogP contribution is -2.40. The van der Waals surface area contributed by atoms with Gasteiger partial charge in [0.25, 0.3) is 0 Å². The third-order valence-electron chi connectivity index (χ3n) is 5.62. The van der Waals surface area contributed by atoms with Crippen LogP contribution >= 0.6 is 0 Å². The van der Waals surface area contributed by atoms with Crippen LogP contribution in [-0.2, 0) is 6.42 Å². The minimum atomic E-state index is -0.325. The summed E-state index contributed by atoms with van der Waals surface area (Å²) in [4.78, 5) is 31.4. The number of aryl methyl sites for hydroxylation is 1. The highest BCUT2D eigenvalue weighted by Gasteiger charge is 2.32. The maximum absolute atomic E-state index is 13.0. The standard InChI is InChI=1S/C21H23FN2O3/c1-13-23-20-18(25)10-14(11-19(20)27-13)12-24-8-6-16(7-9-24)21(26)15-2-4-17(22)5-3-15/h2-5,14,16H,6-12H2,1H3. The van der Waals surface area contributed by atoms with E-state index >= 15 is 0 Å². The van der Waals surface area contributed by atoms with Gasteiger partial charge in [0.1, 0.15) is 17.3 Å². The number of hydrogen-bond acceptors (Lipinski definition) is 5. The highest BCUT2D eigenvalue weighted by atomic mass is 19.1. The van der Waals surface area contributed by atoms with Crippen molar-refractivity contribution in [3.8, 4) is 0 Å². The minimum absolute atomic E-state index is 0.0109. The first-order chi connectivity index (χ1) is 13.0. The average molecular weight is 370 g/mol. The fraction of sp³-hybridized carbons (Fsp3) is 0.476. The topological polar surface area (TPSA) is 63.4 Å². The van der Waals surface area contributed by atoms with Crippen LogP contribution in [0.4, 0.5) is 4.39 Å². The number of benzene rings is 1. The zero-order valence-corrected chi connectivity index (χ0v) is 15.4. The van der Waals surface area contributed by atoms with E-state index in [2.05, 4.69) is 9.88 Å². The average Bonchev–Trinajstić information content (AvgIpc) is 3.03. The van der Waals surface area contributed by atoms with Gasteiger partial charge in [-0.05, 0) is 56.1 Å². The van der Waals surface area contributed by atoms with Gasteiger partial charge in [-0.3, -0.25) is 9.59 Å². The van der Waals surface area contributed by atoms with Crippen LogP contribution in [0.1, 0.15) is 51.8 Å². The first-order valence-electron chi connectivity index (χ1n) is 9.51. The first kappa shape index (κ1) is 18.0. The molecule has 27 heavy (non-hydrogen) atoms. The number of fused-ring (bicyclic) bond motifs is 1. The van der Waals surface area contributed by atoms with Gasteiger partial charge >= 0.3 is 0 Å². The second kappa shape index (κ2) is 7.35. The maximum Gasteiger partial charge on any atom is 0.191 e. The summed E-state index contributed by atoms with van der Waals surface area (Å²) in [5.41, 5.74) is 1.09. The van der Waals surface area contributed by atoms with Crippen molar-refractivity contribution in [1.82, 2.24) is 9.88 Å². The van der Waals surface area contributed by atoms with Crippen LogP contribution in [0.15, 0.2) is 28.7 Å². The highest BCUT2D eigenvalue weighted by Crippen LogP contribution is 2.28. The summed E-state index contributed by atoms with van der Waals surface area (Å²) in [5.74, 6) is 1.34. The van der Waals surface area contributed by atoms with E-state index < -0.39 is 0 Å². The van der Waals surface area contributed by atoms with Crippen LogP contribution in [-0.4, -0.2) is 41.1 Å². The summed E-state index contributed by atoms with van der Waals surface area (Å²) < 4.78 is 18.6. The summed E-state index contributed by atoms with van der Waals surface area (Å²) in [6.45, 7) is 4.28. The molecule has 0 bridgehead atoms. The van der Waals surface area contributed by atoms with Crippen molar-refractivity contribution in [2.24, 2.45) is 11.8 Å². The van der Waals surface area contributed by atoms with Crippen molar-refractivity contribution in [2.75, 3.05) is 19.6 Å². The van der Waals surface area contributed by atoms with Crippen molar-refractivity contribution >= 4 is 11.6 Å². The van der Waals surface area contributed by atoms with Crippen molar-refractivity contribution in [3.63, 3.8) is 0 Å². The lowest BCUT2D eigenvalue weighted by molar-refractivity contribution is 0.0809. The zero-order valence-electron chi connectivity index (χ0n) is 15.4. The number of piperidine rings is 1. The molecule has 1 saturated heterocycles. The van der Waals surface area contributed by atoms with Crippen molar-refractivity contribution < 1.29 is 18.4 Å². The molecule has 5 nitrogen and oxygen atoms in total. The normalized spacial score (nSPS) is 21.3. The van der Waals surface area contributed by atoms with Crippen LogP contribution in [0.25, 0.3) is 0 Å². The molecule has 6 heteroatoms. The fourth-order valence-electron chi connectivity index (χ4n) is 4.24. The quantitative estimate of drug-likeness (QED) is 0.771. The minimum Gasteiger partial charge on any atom is -0.445 e. The maximum atomic E-state index is 13.0. The van der Waals surface area contributed by atoms with Crippen molar-refractivity contribution in [3.05, 3.63) is 53.0 Å². The number of Topliss-reactive ketones (excluding diaryl/α,β-unsaturated/α-hetero) is 2. The third kappa shape index (κ3) is 3.86.